The van der Waals surface area contributed by atoms with Gasteiger partial charge in [-0.05, 0) is 20.8 Å². The lowest BCUT2D eigenvalue weighted by Gasteiger charge is -2.24. The molecule has 0 radical (unpaired) electrons. The van der Waals surface area contributed by atoms with Gasteiger partial charge in [0.2, 0.25) is 0 Å². The quantitative estimate of drug-likeness (QED) is 0.801. The number of methoxy groups -OCH3 is 1. The summed E-state index contributed by atoms with van der Waals surface area (Å²) in [5.74, 6) is 0. The van der Waals surface area contributed by atoms with Crippen molar-refractivity contribution in [3.05, 3.63) is 21.6 Å². The summed E-state index contributed by atoms with van der Waals surface area (Å²) in [6, 6.07) is -0.0566. The summed E-state index contributed by atoms with van der Waals surface area (Å²) < 4.78 is 6.25. The van der Waals surface area contributed by atoms with Crippen molar-refractivity contribution in [2.75, 3.05) is 25.6 Å². The summed E-state index contributed by atoms with van der Waals surface area (Å²) in [5, 5.41) is 17.2. The lowest BCUT2D eigenvalue weighted by atomic mass is 10.0. The summed E-state index contributed by atoms with van der Waals surface area (Å²) in [6.07, 6.45) is 1.97. The normalized spacial score (nSPS) is 14.3. The van der Waals surface area contributed by atoms with Gasteiger partial charge in [0, 0.05) is 26.7 Å². The molecule has 1 aromatic heterocycles. The maximum atomic E-state index is 12.0. The predicted octanol–water partition coefficient (Wildman–Crippen LogP) is 1.68. The summed E-state index contributed by atoms with van der Waals surface area (Å²) in [6.45, 7) is 6.11. The maximum Gasteiger partial charge on any atom is 0.287 e. The van der Waals surface area contributed by atoms with Crippen molar-refractivity contribution in [1.82, 2.24) is 9.78 Å². The monoisotopic (exact) mass is 303 g/mol. The molecule has 7 heteroatoms. The van der Waals surface area contributed by atoms with Crippen LogP contribution in [0.4, 0.5) is 5.69 Å². The van der Waals surface area contributed by atoms with E-state index in [0.717, 1.165) is 0 Å². The molecule has 0 aromatic carbocycles. The molecule has 0 aliphatic carbocycles. The SMILES string of the molecule is COCCC(C)(O)CNc1cnn(C(C)C)c(=O)c1Cl. The van der Waals surface area contributed by atoms with Gasteiger partial charge >= 0.3 is 0 Å². The van der Waals surface area contributed by atoms with Crippen molar-refractivity contribution in [2.24, 2.45) is 0 Å². The molecular weight excluding hydrogens is 282 g/mol. The standard InChI is InChI=1S/C13H22ClN3O3/c1-9(2)17-12(18)11(14)10(7-16-17)15-8-13(3,19)5-6-20-4/h7,9,15,19H,5-6,8H2,1-4H3. The zero-order valence-electron chi connectivity index (χ0n) is 12.3. The summed E-state index contributed by atoms with van der Waals surface area (Å²) in [7, 11) is 1.58. The highest BCUT2D eigenvalue weighted by molar-refractivity contribution is 6.32. The van der Waals surface area contributed by atoms with Crippen LogP contribution in [0, 0.1) is 0 Å². The Balaban J connectivity index is 2.80. The predicted molar refractivity (Wildman–Crippen MR) is 79.5 cm³/mol. The maximum absolute atomic E-state index is 12.0. The average Bonchev–Trinajstić information content (AvgIpc) is 2.38. The smallest absolute Gasteiger partial charge is 0.287 e. The van der Waals surface area contributed by atoms with E-state index in [0.29, 0.717) is 18.7 Å². The highest BCUT2D eigenvalue weighted by Gasteiger charge is 2.21. The Kier molecular flexibility index (Phi) is 5.98. The minimum absolute atomic E-state index is 0.0566. The molecule has 0 saturated heterocycles. The summed E-state index contributed by atoms with van der Waals surface area (Å²) in [4.78, 5) is 12.0. The van der Waals surface area contributed by atoms with Gasteiger partial charge in [-0.3, -0.25) is 4.79 Å². The Morgan fingerprint density at radius 1 is 1.60 bits per heavy atom. The number of ether oxygens (including phenoxy) is 1. The third-order valence-corrected chi connectivity index (χ3v) is 3.30. The van der Waals surface area contributed by atoms with E-state index >= 15 is 0 Å². The van der Waals surface area contributed by atoms with Crippen LogP contribution in [-0.4, -0.2) is 40.7 Å². The number of rotatable bonds is 7. The number of aliphatic hydroxyl groups is 1. The van der Waals surface area contributed by atoms with Gasteiger partial charge in [-0.25, -0.2) is 4.68 Å². The number of nitrogens with one attached hydrogen (secondary N) is 1. The number of hydrogen-bond acceptors (Lipinski definition) is 5. The first-order valence-electron chi connectivity index (χ1n) is 6.51. The first-order valence-corrected chi connectivity index (χ1v) is 6.89. The van der Waals surface area contributed by atoms with E-state index < -0.39 is 5.60 Å². The highest BCUT2D eigenvalue weighted by Crippen LogP contribution is 2.18. The van der Waals surface area contributed by atoms with Crippen LogP contribution in [0.15, 0.2) is 11.0 Å². The van der Waals surface area contributed by atoms with Gasteiger partial charge in [0.1, 0.15) is 5.02 Å². The summed E-state index contributed by atoms with van der Waals surface area (Å²) in [5.41, 5.74) is -0.874. The number of aromatic nitrogens is 2. The van der Waals surface area contributed by atoms with E-state index in [9.17, 15) is 9.90 Å². The lowest BCUT2D eigenvalue weighted by Crippen LogP contribution is -2.35. The van der Waals surface area contributed by atoms with Crippen molar-refractivity contribution in [3.63, 3.8) is 0 Å². The Morgan fingerprint density at radius 3 is 2.80 bits per heavy atom. The Morgan fingerprint density at radius 2 is 2.25 bits per heavy atom. The zero-order chi connectivity index (χ0) is 15.3. The molecule has 114 valence electrons. The van der Waals surface area contributed by atoms with Gasteiger partial charge in [0.25, 0.3) is 5.56 Å². The van der Waals surface area contributed by atoms with Gasteiger partial charge in [-0.15, -0.1) is 0 Å². The van der Waals surface area contributed by atoms with Crippen LogP contribution in [-0.2, 0) is 4.74 Å². The molecule has 1 unspecified atom stereocenters. The Bertz CT molecular complexity index is 500. The Hall–Kier alpha value is -1.11. The molecule has 20 heavy (non-hydrogen) atoms. The number of hydrogen-bond donors (Lipinski definition) is 2. The number of halogens is 1. The first kappa shape index (κ1) is 16.9. The lowest BCUT2D eigenvalue weighted by molar-refractivity contribution is 0.0357. The van der Waals surface area contributed by atoms with Crippen LogP contribution in [0.25, 0.3) is 0 Å². The molecule has 0 bridgehead atoms. The van der Waals surface area contributed by atoms with Crippen LogP contribution >= 0.6 is 11.6 Å². The second-order valence-electron chi connectivity index (χ2n) is 5.31. The molecule has 0 saturated carbocycles. The van der Waals surface area contributed by atoms with Crippen molar-refractivity contribution in [3.8, 4) is 0 Å². The van der Waals surface area contributed by atoms with Crippen LogP contribution in [0.1, 0.15) is 33.2 Å². The Labute approximate surface area is 123 Å². The van der Waals surface area contributed by atoms with Crippen molar-refractivity contribution >= 4 is 17.3 Å². The molecule has 0 aliphatic rings. The van der Waals surface area contributed by atoms with Crippen LogP contribution < -0.4 is 10.9 Å². The fourth-order valence-electron chi connectivity index (χ4n) is 1.63. The van der Waals surface area contributed by atoms with E-state index in [1.807, 2.05) is 13.8 Å². The van der Waals surface area contributed by atoms with Crippen LogP contribution in [0.5, 0.6) is 0 Å². The van der Waals surface area contributed by atoms with E-state index in [1.54, 1.807) is 14.0 Å². The molecule has 1 atom stereocenters. The minimum atomic E-state index is -0.952. The molecular formula is C13H22ClN3O3. The molecule has 0 spiro atoms. The molecule has 1 aromatic rings. The topological polar surface area (TPSA) is 76.4 Å². The second-order valence-corrected chi connectivity index (χ2v) is 5.69. The van der Waals surface area contributed by atoms with Crippen molar-refractivity contribution < 1.29 is 9.84 Å². The average molecular weight is 304 g/mol. The largest absolute Gasteiger partial charge is 0.388 e. The van der Waals surface area contributed by atoms with E-state index in [4.69, 9.17) is 16.3 Å². The molecule has 2 N–H and O–H groups in total. The minimum Gasteiger partial charge on any atom is -0.388 e. The fraction of sp³-hybridized carbons (Fsp3) is 0.692. The third-order valence-electron chi connectivity index (χ3n) is 2.94. The molecule has 1 heterocycles. The number of anilines is 1. The molecule has 1 rings (SSSR count). The van der Waals surface area contributed by atoms with E-state index in [-0.39, 0.29) is 23.2 Å². The van der Waals surface area contributed by atoms with Gasteiger partial charge in [-0.2, -0.15) is 5.10 Å². The molecule has 0 aliphatic heterocycles. The van der Waals surface area contributed by atoms with E-state index in [2.05, 4.69) is 10.4 Å². The van der Waals surface area contributed by atoms with Gasteiger partial charge < -0.3 is 15.2 Å². The van der Waals surface area contributed by atoms with Gasteiger partial charge in [0.05, 0.1) is 23.5 Å². The van der Waals surface area contributed by atoms with Crippen LogP contribution in [0.3, 0.4) is 0 Å². The van der Waals surface area contributed by atoms with Crippen molar-refractivity contribution in [1.29, 1.82) is 0 Å². The fourth-order valence-corrected chi connectivity index (χ4v) is 1.83. The van der Waals surface area contributed by atoms with Gasteiger partial charge in [-0.1, -0.05) is 11.6 Å². The summed E-state index contributed by atoms with van der Waals surface area (Å²) >= 11 is 6.03. The second kappa shape index (κ2) is 7.06. The highest BCUT2D eigenvalue weighted by atomic mass is 35.5. The van der Waals surface area contributed by atoms with Gasteiger partial charge in [0.15, 0.2) is 0 Å². The number of nitrogens with zero attached hydrogens (tertiary/aromatic N) is 2. The molecule has 0 amide bonds. The van der Waals surface area contributed by atoms with Crippen molar-refractivity contribution in [2.45, 2.75) is 38.8 Å². The van der Waals surface area contributed by atoms with Crippen LogP contribution in [0.2, 0.25) is 5.02 Å². The molecule has 6 nitrogen and oxygen atoms in total. The zero-order valence-corrected chi connectivity index (χ0v) is 13.1. The first-order chi connectivity index (χ1) is 9.28. The van der Waals surface area contributed by atoms with E-state index in [1.165, 1.54) is 10.9 Å². The third kappa shape index (κ3) is 4.47. The molecule has 0 fully saturated rings.